The number of amides is 1. The fourth-order valence-electron chi connectivity index (χ4n) is 3.82. The third kappa shape index (κ3) is 4.91. The van der Waals surface area contributed by atoms with Crippen molar-refractivity contribution in [1.29, 1.82) is 0 Å². The Morgan fingerprint density at radius 2 is 1.72 bits per heavy atom. The van der Waals surface area contributed by atoms with Gasteiger partial charge >= 0.3 is 0 Å². The number of methoxy groups -OCH3 is 2. The van der Waals surface area contributed by atoms with Crippen LogP contribution in [-0.4, -0.2) is 56.9 Å². The monoisotopic (exact) mass is 460 g/mol. The summed E-state index contributed by atoms with van der Waals surface area (Å²) in [7, 11) is -0.478. The molecule has 0 heterocycles. The summed E-state index contributed by atoms with van der Waals surface area (Å²) in [4.78, 5) is 15.5. The van der Waals surface area contributed by atoms with E-state index in [1.54, 1.807) is 38.2 Å². The van der Waals surface area contributed by atoms with Crippen LogP contribution in [0.25, 0.3) is 0 Å². The van der Waals surface area contributed by atoms with E-state index >= 15 is 0 Å². The second-order valence-electron chi connectivity index (χ2n) is 7.91. The molecule has 0 aromatic heterocycles. The summed E-state index contributed by atoms with van der Waals surface area (Å²) >= 11 is 0. The van der Waals surface area contributed by atoms with Crippen molar-refractivity contribution in [1.82, 2.24) is 9.21 Å². The predicted molar refractivity (Wildman–Crippen MR) is 124 cm³/mol. The smallest absolute Gasteiger partial charge is 0.254 e. The molecular weight excluding hydrogens is 428 g/mol. The van der Waals surface area contributed by atoms with Gasteiger partial charge in [-0.05, 0) is 55.7 Å². The lowest BCUT2D eigenvalue weighted by molar-refractivity contribution is 0.0728. The van der Waals surface area contributed by atoms with Gasteiger partial charge in [-0.2, -0.15) is 4.31 Å². The minimum Gasteiger partial charge on any atom is -0.497 e. The Morgan fingerprint density at radius 1 is 1.03 bits per heavy atom. The fraction of sp³-hybridized carbons (Fsp3) is 0.458. The van der Waals surface area contributed by atoms with E-state index in [2.05, 4.69) is 0 Å². The predicted octanol–water partition coefficient (Wildman–Crippen LogP) is 3.85. The third-order valence-corrected chi connectivity index (χ3v) is 8.03. The standard InChI is InChI=1S/C24H32N2O5S/c1-6-25(7-2)32(28,29)23-15-18(9-8-17(23)3)24(27)26(20-10-11-20)16-19-14-21(30-4)12-13-22(19)31-5/h8-9,12-15,20H,6-7,10-11,16H2,1-5H3. The number of carbonyl (C=O) groups is 1. The van der Waals surface area contributed by atoms with E-state index < -0.39 is 10.0 Å². The number of carbonyl (C=O) groups excluding carboxylic acids is 1. The van der Waals surface area contributed by atoms with Crippen molar-refractivity contribution < 1.29 is 22.7 Å². The number of hydrogen-bond donors (Lipinski definition) is 0. The molecule has 0 bridgehead atoms. The van der Waals surface area contributed by atoms with Crippen molar-refractivity contribution >= 4 is 15.9 Å². The highest BCUT2D eigenvalue weighted by Crippen LogP contribution is 2.33. The van der Waals surface area contributed by atoms with E-state index in [-0.39, 0.29) is 16.8 Å². The highest BCUT2D eigenvalue weighted by Gasteiger charge is 2.34. The summed E-state index contributed by atoms with van der Waals surface area (Å²) in [6, 6.07) is 10.6. The Kier molecular flexibility index (Phi) is 7.46. The van der Waals surface area contributed by atoms with Gasteiger partial charge < -0.3 is 14.4 Å². The molecule has 1 aliphatic carbocycles. The van der Waals surface area contributed by atoms with Crippen molar-refractivity contribution in [3.8, 4) is 11.5 Å². The van der Waals surface area contributed by atoms with Crippen LogP contribution in [0.5, 0.6) is 11.5 Å². The lowest BCUT2D eigenvalue weighted by atomic mass is 10.1. The quantitative estimate of drug-likeness (QED) is 0.538. The van der Waals surface area contributed by atoms with Gasteiger partial charge in [0.2, 0.25) is 10.0 Å². The Balaban J connectivity index is 1.97. The zero-order valence-corrected chi connectivity index (χ0v) is 20.2. The van der Waals surface area contributed by atoms with Gasteiger partial charge in [0, 0.05) is 30.3 Å². The van der Waals surface area contributed by atoms with Gasteiger partial charge in [0.1, 0.15) is 11.5 Å². The fourth-order valence-corrected chi connectivity index (χ4v) is 5.53. The van der Waals surface area contributed by atoms with Crippen LogP contribution >= 0.6 is 0 Å². The second-order valence-corrected chi connectivity index (χ2v) is 9.82. The largest absolute Gasteiger partial charge is 0.497 e. The van der Waals surface area contributed by atoms with Crippen LogP contribution in [0.1, 0.15) is 48.2 Å². The zero-order chi connectivity index (χ0) is 23.5. The zero-order valence-electron chi connectivity index (χ0n) is 19.4. The number of aryl methyl sites for hydroxylation is 1. The number of ether oxygens (including phenoxy) is 2. The maximum Gasteiger partial charge on any atom is 0.254 e. The Morgan fingerprint density at radius 3 is 2.28 bits per heavy atom. The van der Waals surface area contributed by atoms with E-state index in [1.807, 2.05) is 32.0 Å². The van der Waals surface area contributed by atoms with Crippen molar-refractivity contribution in [3.05, 3.63) is 53.1 Å². The first-order valence-corrected chi connectivity index (χ1v) is 12.3. The number of hydrogen-bond acceptors (Lipinski definition) is 5. The number of rotatable bonds is 10. The Hall–Kier alpha value is -2.58. The van der Waals surface area contributed by atoms with E-state index in [0.29, 0.717) is 42.3 Å². The minimum absolute atomic E-state index is 0.127. The summed E-state index contributed by atoms with van der Waals surface area (Å²) in [5.41, 5.74) is 1.84. The molecule has 2 aromatic carbocycles. The van der Waals surface area contributed by atoms with Gasteiger partial charge in [-0.1, -0.05) is 19.9 Å². The lowest BCUT2D eigenvalue weighted by Crippen LogP contribution is -2.34. The molecule has 8 heteroatoms. The van der Waals surface area contributed by atoms with E-state index in [0.717, 1.165) is 18.4 Å². The van der Waals surface area contributed by atoms with Gasteiger partial charge in [0.25, 0.3) is 5.91 Å². The molecule has 1 saturated carbocycles. The number of sulfonamides is 1. The molecule has 0 aliphatic heterocycles. The topological polar surface area (TPSA) is 76.2 Å². The molecule has 7 nitrogen and oxygen atoms in total. The van der Waals surface area contributed by atoms with Crippen molar-refractivity contribution in [2.24, 2.45) is 0 Å². The van der Waals surface area contributed by atoms with Crippen molar-refractivity contribution in [2.45, 2.75) is 51.1 Å². The first kappa shape index (κ1) is 24.1. The van der Waals surface area contributed by atoms with E-state index in [9.17, 15) is 13.2 Å². The molecule has 0 unspecified atom stereocenters. The van der Waals surface area contributed by atoms with Gasteiger partial charge in [-0.3, -0.25) is 4.79 Å². The van der Waals surface area contributed by atoms with Crippen LogP contribution in [0.2, 0.25) is 0 Å². The van der Waals surface area contributed by atoms with E-state index in [4.69, 9.17) is 9.47 Å². The van der Waals surface area contributed by atoms with Crippen LogP contribution in [-0.2, 0) is 16.6 Å². The molecule has 0 spiro atoms. The average molecular weight is 461 g/mol. The SMILES string of the molecule is CCN(CC)S(=O)(=O)c1cc(C(=O)N(Cc2cc(OC)ccc2OC)C2CC2)ccc1C. The molecular formula is C24H32N2O5S. The summed E-state index contributed by atoms with van der Waals surface area (Å²) in [5.74, 6) is 1.18. The first-order valence-electron chi connectivity index (χ1n) is 10.9. The average Bonchev–Trinajstić information content (AvgIpc) is 3.63. The molecule has 0 N–H and O–H groups in total. The van der Waals surface area contributed by atoms with Crippen LogP contribution in [0.3, 0.4) is 0 Å². The normalized spacial score (nSPS) is 13.8. The summed E-state index contributed by atoms with van der Waals surface area (Å²) < 4.78 is 38.5. The van der Waals surface area contributed by atoms with Crippen LogP contribution in [0.15, 0.2) is 41.3 Å². The highest BCUT2D eigenvalue weighted by molar-refractivity contribution is 7.89. The molecule has 0 saturated heterocycles. The van der Waals surface area contributed by atoms with Crippen molar-refractivity contribution in [2.75, 3.05) is 27.3 Å². The van der Waals surface area contributed by atoms with Crippen LogP contribution < -0.4 is 9.47 Å². The third-order valence-electron chi connectivity index (χ3n) is 5.84. The van der Waals surface area contributed by atoms with Gasteiger partial charge in [0.15, 0.2) is 0 Å². The van der Waals surface area contributed by atoms with Gasteiger partial charge in [0.05, 0.1) is 25.7 Å². The van der Waals surface area contributed by atoms with Gasteiger partial charge in [-0.15, -0.1) is 0 Å². The Labute approximate surface area is 191 Å². The molecule has 174 valence electrons. The molecule has 2 aromatic rings. The molecule has 0 atom stereocenters. The molecule has 1 fully saturated rings. The maximum absolute atomic E-state index is 13.5. The Bertz CT molecular complexity index is 1080. The van der Waals surface area contributed by atoms with Crippen LogP contribution in [0, 0.1) is 6.92 Å². The molecule has 1 aliphatic rings. The molecule has 1 amide bonds. The number of nitrogens with zero attached hydrogens (tertiary/aromatic N) is 2. The molecule has 3 rings (SSSR count). The second kappa shape index (κ2) is 9.92. The highest BCUT2D eigenvalue weighted by atomic mass is 32.2. The van der Waals surface area contributed by atoms with E-state index in [1.165, 1.54) is 10.4 Å². The summed E-state index contributed by atoms with van der Waals surface area (Å²) in [6.45, 7) is 6.48. The molecule has 0 radical (unpaired) electrons. The minimum atomic E-state index is -3.67. The molecule has 32 heavy (non-hydrogen) atoms. The van der Waals surface area contributed by atoms with Crippen molar-refractivity contribution in [3.63, 3.8) is 0 Å². The summed E-state index contributed by atoms with van der Waals surface area (Å²) in [6.07, 6.45) is 1.85. The van der Waals surface area contributed by atoms with Gasteiger partial charge in [-0.25, -0.2) is 8.42 Å². The number of benzene rings is 2. The maximum atomic E-state index is 13.5. The lowest BCUT2D eigenvalue weighted by Gasteiger charge is -2.25. The summed E-state index contributed by atoms with van der Waals surface area (Å²) in [5, 5.41) is 0. The van der Waals surface area contributed by atoms with Crippen LogP contribution in [0.4, 0.5) is 0 Å². The first-order chi connectivity index (χ1) is 15.3.